The fourth-order valence-corrected chi connectivity index (χ4v) is 1.87. The number of carbonyl (C=O) groups is 2. The van der Waals surface area contributed by atoms with Gasteiger partial charge >= 0.3 is 5.97 Å². The summed E-state index contributed by atoms with van der Waals surface area (Å²) in [5.41, 5.74) is 0.313. The average molecular weight is 282 g/mol. The number of H-pyrrole nitrogens is 1. The Labute approximate surface area is 115 Å². The highest BCUT2D eigenvalue weighted by Crippen LogP contribution is 2.14. The summed E-state index contributed by atoms with van der Waals surface area (Å²) >= 11 is 0. The van der Waals surface area contributed by atoms with Gasteiger partial charge in [-0.3, -0.25) is 4.79 Å². The molecule has 0 saturated carbocycles. The third kappa shape index (κ3) is 3.78. The molecule has 1 unspecified atom stereocenters. The Morgan fingerprint density at radius 2 is 2.35 bits per heavy atom. The molecular weight excluding hydrogens is 264 g/mol. The molecule has 4 N–H and O–H groups in total. The number of aliphatic carboxylic acids is 1. The molecule has 1 atom stereocenters. The highest BCUT2D eigenvalue weighted by Gasteiger charge is 2.33. The van der Waals surface area contributed by atoms with E-state index in [1.165, 1.54) is 12.5 Å². The van der Waals surface area contributed by atoms with Crippen molar-refractivity contribution >= 4 is 11.9 Å². The molecule has 0 aromatic carbocycles. The number of aromatic nitrogens is 2. The van der Waals surface area contributed by atoms with Crippen LogP contribution in [0.15, 0.2) is 12.5 Å². The molecule has 1 aromatic rings. The van der Waals surface area contributed by atoms with E-state index in [0.717, 1.165) is 0 Å². The fourth-order valence-electron chi connectivity index (χ4n) is 1.87. The molecule has 1 amide bonds. The second kappa shape index (κ2) is 6.02. The zero-order valence-electron chi connectivity index (χ0n) is 11.2. The lowest BCUT2D eigenvalue weighted by Crippen LogP contribution is -2.60. The van der Waals surface area contributed by atoms with Crippen molar-refractivity contribution in [3.63, 3.8) is 0 Å². The highest BCUT2D eigenvalue weighted by molar-refractivity contribution is 5.84. The van der Waals surface area contributed by atoms with Crippen LogP contribution >= 0.6 is 0 Å². The van der Waals surface area contributed by atoms with Gasteiger partial charge in [-0.05, 0) is 6.92 Å². The summed E-state index contributed by atoms with van der Waals surface area (Å²) in [5.74, 6) is -1.53. The normalized spacial score (nSPS) is 18.1. The number of nitrogens with one attached hydrogen (secondary N) is 3. The van der Waals surface area contributed by atoms with Gasteiger partial charge in [0.15, 0.2) is 0 Å². The number of hydrogen-bond acceptors (Lipinski definition) is 5. The molecule has 8 nitrogen and oxygen atoms in total. The van der Waals surface area contributed by atoms with E-state index in [1.54, 1.807) is 0 Å². The maximum atomic E-state index is 11.7. The van der Waals surface area contributed by atoms with Crippen LogP contribution in [0.2, 0.25) is 0 Å². The van der Waals surface area contributed by atoms with E-state index in [9.17, 15) is 9.59 Å². The third-order valence-electron chi connectivity index (χ3n) is 3.16. The molecule has 1 fully saturated rings. The second-order valence-electron chi connectivity index (χ2n) is 5.08. The minimum atomic E-state index is -1.09. The van der Waals surface area contributed by atoms with E-state index in [2.05, 4.69) is 20.6 Å². The number of ether oxygens (including phenoxy) is 1. The Hall–Kier alpha value is -1.93. The molecule has 1 aromatic heterocycles. The van der Waals surface area contributed by atoms with Crippen LogP contribution in [0.5, 0.6) is 0 Å². The van der Waals surface area contributed by atoms with Crippen molar-refractivity contribution in [1.82, 2.24) is 20.6 Å². The van der Waals surface area contributed by atoms with E-state index in [1.807, 2.05) is 6.92 Å². The quantitative estimate of drug-likeness (QED) is 0.504. The molecular formula is C12H18N4O4. The first-order valence-corrected chi connectivity index (χ1v) is 6.33. The van der Waals surface area contributed by atoms with Gasteiger partial charge in [0.25, 0.3) is 0 Å². The monoisotopic (exact) mass is 282 g/mol. The van der Waals surface area contributed by atoms with E-state index in [-0.39, 0.29) is 18.6 Å². The van der Waals surface area contributed by atoms with Crippen molar-refractivity contribution in [2.75, 3.05) is 19.7 Å². The number of carboxylic acid groups (broad SMARTS) is 1. The van der Waals surface area contributed by atoms with Crippen LogP contribution in [-0.2, 0) is 20.7 Å². The predicted molar refractivity (Wildman–Crippen MR) is 69.1 cm³/mol. The molecule has 1 aliphatic rings. The van der Waals surface area contributed by atoms with Gasteiger partial charge in [0.05, 0.1) is 11.9 Å². The summed E-state index contributed by atoms with van der Waals surface area (Å²) in [4.78, 5) is 29.5. The van der Waals surface area contributed by atoms with Gasteiger partial charge in [-0.1, -0.05) is 0 Å². The molecule has 0 spiro atoms. The number of nitrogens with zero attached hydrogens (tertiary/aromatic N) is 1. The van der Waals surface area contributed by atoms with Gasteiger partial charge < -0.3 is 25.5 Å². The molecule has 8 heteroatoms. The lowest BCUT2D eigenvalue weighted by molar-refractivity contribution is -0.145. The summed E-state index contributed by atoms with van der Waals surface area (Å²) < 4.78 is 5.46. The number of carboxylic acids is 1. The van der Waals surface area contributed by atoms with E-state index in [4.69, 9.17) is 9.84 Å². The first kappa shape index (κ1) is 14.5. The molecule has 1 saturated heterocycles. The average Bonchev–Trinajstić information content (AvgIpc) is 2.86. The zero-order chi connectivity index (χ0) is 14.6. The smallest absolute Gasteiger partial charge is 0.326 e. The van der Waals surface area contributed by atoms with Crippen LogP contribution in [0.25, 0.3) is 0 Å². The van der Waals surface area contributed by atoms with Gasteiger partial charge in [0, 0.05) is 31.4 Å². The minimum Gasteiger partial charge on any atom is -0.480 e. The summed E-state index contributed by atoms with van der Waals surface area (Å²) in [7, 11) is 0. The van der Waals surface area contributed by atoms with Crippen LogP contribution in [-0.4, -0.2) is 58.3 Å². The standard InChI is InChI=1S/C12H18N4O4/c1-12(5-14-6-12)20-4-10(17)16-9(11(18)19)2-8-3-13-7-15-8/h3,7,9,14H,2,4-6H2,1H3,(H,13,15)(H,16,17)(H,18,19). The molecule has 110 valence electrons. The van der Waals surface area contributed by atoms with Gasteiger partial charge in [0.1, 0.15) is 12.6 Å². The first-order valence-electron chi connectivity index (χ1n) is 6.33. The highest BCUT2D eigenvalue weighted by atomic mass is 16.5. The van der Waals surface area contributed by atoms with Crippen molar-refractivity contribution in [1.29, 1.82) is 0 Å². The SMILES string of the molecule is CC1(OCC(=O)NC(Cc2cnc[nH]2)C(=O)O)CNC1. The van der Waals surface area contributed by atoms with E-state index >= 15 is 0 Å². The minimum absolute atomic E-state index is 0.148. The molecule has 2 heterocycles. The topological polar surface area (TPSA) is 116 Å². The third-order valence-corrected chi connectivity index (χ3v) is 3.16. The Balaban J connectivity index is 1.81. The maximum Gasteiger partial charge on any atom is 0.326 e. The molecule has 2 rings (SSSR count). The predicted octanol–water partition coefficient (Wildman–Crippen LogP) is -1.10. The van der Waals surface area contributed by atoms with Crippen LogP contribution in [0, 0.1) is 0 Å². The Morgan fingerprint density at radius 1 is 1.60 bits per heavy atom. The fraction of sp³-hybridized carbons (Fsp3) is 0.583. The number of amides is 1. The van der Waals surface area contributed by atoms with Gasteiger partial charge in [-0.25, -0.2) is 9.78 Å². The summed E-state index contributed by atoms with van der Waals surface area (Å²) in [6, 6.07) is -1.00. The Bertz CT molecular complexity index is 470. The largest absolute Gasteiger partial charge is 0.480 e. The molecule has 20 heavy (non-hydrogen) atoms. The van der Waals surface area contributed by atoms with Crippen molar-refractivity contribution < 1.29 is 19.4 Å². The maximum absolute atomic E-state index is 11.7. The molecule has 0 bridgehead atoms. The number of rotatable bonds is 7. The number of imidazole rings is 1. The van der Waals surface area contributed by atoms with Crippen molar-refractivity contribution in [3.05, 3.63) is 18.2 Å². The number of carbonyl (C=O) groups excluding carboxylic acids is 1. The number of aromatic amines is 1. The molecule has 1 aliphatic heterocycles. The van der Waals surface area contributed by atoms with Crippen molar-refractivity contribution in [2.24, 2.45) is 0 Å². The van der Waals surface area contributed by atoms with Crippen LogP contribution in [0.4, 0.5) is 0 Å². The Morgan fingerprint density at radius 3 is 2.85 bits per heavy atom. The van der Waals surface area contributed by atoms with E-state index in [0.29, 0.717) is 18.8 Å². The van der Waals surface area contributed by atoms with Crippen LogP contribution in [0.3, 0.4) is 0 Å². The number of hydrogen-bond donors (Lipinski definition) is 4. The van der Waals surface area contributed by atoms with Gasteiger partial charge in [-0.15, -0.1) is 0 Å². The second-order valence-corrected chi connectivity index (χ2v) is 5.08. The summed E-state index contributed by atoms with van der Waals surface area (Å²) in [6.07, 6.45) is 3.14. The molecule has 0 radical (unpaired) electrons. The Kier molecular flexibility index (Phi) is 4.35. The summed E-state index contributed by atoms with van der Waals surface area (Å²) in [5, 5.41) is 14.6. The lowest BCUT2D eigenvalue weighted by Gasteiger charge is -2.38. The van der Waals surface area contributed by atoms with Gasteiger partial charge in [0.2, 0.25) is 5.91 Å². The van der Waals surface area contributed by atoms with E-state index < -0.39 is 17.9 Å². The van der Waals surface area contributed by atoms with Crippen molar-refractivity contribution in [3.8, 4) is 0 Å². The lowest BCUT2D eigenvalue weighted by atomic mass is 10.0. The van der Waals surface area contributed by atoms with Crippen molar-refractivity contribution in [2.45, 2.75) is 25.0 Å². The van der Waals surface area contributed by atoms with Crippen LogP contribution in [0.1, 0.15) is 12.6 Å². The zero-order valence-corrected chi connectivity index (χ0v) is 11.2. The van der Waals surface area contributed by atoms with Gasteiger partial charge in [-0.2, -0.15) is 0 Å². The molecule has 0 aliphatic carbocycles. The first-order chi connectivity index (χ1) is 9.48. The van der Waals surface area contributed by atoms with Crippen LogP contribution < -0.4 is 10.6 Å². The summed E-state index contributed by atoms with van der Waals surface area (Å²) in [6.45, 7) is 3.13.